The summed E-state index contributed by atoms with van der Waals surface area (Å²) in [6.45, 7) is -0.163. The number of carbonyl (C=O) groups is 1. The number of amides is 1. The Labute approximate surface area is 130 Å². The molecule has 2 N–H and O–H groups in total. The molecule has 2 aromatic rings. The highest BCUT2D eigenvalue weighted by atomic mass is 19.4. The van der Waals surface area contributed by atoms with Crippen molar-refractivity contribution in [2.45, 2.75) is 12.1 Å². The molecule has 0 spiro atoms. The lowest BCUT2D eigenvalue weighted by molar-refractivity contribution is -0.137. The minimum atomic E-state index is -4.56. The monoisotopic (exact) mass is 325 g/mol. The second-order valence-electron chi connectivity index (χ2n) is 4.84. The van der Waals surface area contributed by atoms with Gasteiger partial charge in [0.2, 0.25) is 0 Å². The van der Waals surface area contributed by atoms with Crippen molar-refractivity contribution in [2.24, 2.45) is 0 Å². The lowest BCUT2D eigenvalue weighted by Crippen LogP contribution is -2.30. The molecule has 2 aromatic heterocycles. The number of hydrogen-bond donors (Lipinski definition) is 2. The molecule has 2 rings (SSSR count). The highest BCUT2D eigenvalue weighted by molar-refractivity contribution is 5.94. The van der Waals surface area contributed by atoms with Gasteiger partial charge in [-0.05, 0) is 17.7 Å². The number of aliphatic hydroxyl groups is 1. The Balaban J connectivity index is 2.05. The third-order valence-corrected chi connectivity index (χ3v) is 3.21. The third-order valence-electron chi connectivity index (χ3n) is 3.21. The van der Waals surface area contributed by atoms with Crippen molar-refractivity contribution in [3.8, 4) is 0 Å². The first-order valence-electron chi connectivity index (χ1n) is 6.73. The van der Waals surface area contributed by atoms with Crippen LogP contribution in [0.5, 0.6) is 0 Å². The van der Waals surface area contributed by atoms with Crippen LogP contribution in [0.2, 0.25) is 0 Å². The first-order valence-corrected chi connectivity index (χ1v) is 6.73. The van der Waals surface area contributed by atoms with E-state index in [2.05, 4.69) is 15.3 Å². The maximum Gasteiger partial charge on any atom is 0.417 e. The van der Waals surface area contributed by atoms with Crippen molar-refractivity contribution >= 4 is 5.91 Å². The molecule has 0 aliphatic carbocycles. The summed E-state index contributed by atoms with van der Waals surface area (Å²) in [5.41, 5.74) is -0.462. The summed E-state index contributed by atoms with van der Waals surface area (Å²) < 4.78 is 37.8. The number of carbonyl (C=O) groups excluding carboxylic acids is 1. The molecule has 0 fully saturated rings. The highest BCUT2D eigenvalue weighted by Gasteiger charge is 2.31. The molecule has 1 atom stereocenters. The zero-order valence-corrected chi connectivity index (χ0v) is 11.9. The zero-order valence-electron chi connectivity index (χ0n) is 11.9. The quantitative estimate of drug-likeness (QED) is 0.882. The molecular formula is C15H14F3N3O2. The van der Waals surface area contributed by atoms with Gasteiger partial charge in [0.05, 0.1) is 17.7 Å². The van der Waals surface area contributed by atoms with Gasteiger partial charge in [-0.15, -0.1) is 0 Å². The number of halogens is 3. The Hall–Kier alpha value is -2.48. The summed E-state index contributed by atoms with van der Waals surface area (Å²) in [4.78, 5) is 19.3. The van der Waals surface area contributed by atoms with Gasteiger partial charge < -0.3 is 10.4 Å². The van der Waals surface area contributed by atoms with Crippen molar-refractivity contribution in [3.05, 3.63) is 59.7 Å². The molecular weight excluding hydrogens is 311 g/mol. The number of alkyl halides is 3. The Bertz CT molecular complexity index is 663. The second kappa shape index (κ2) is 7.19. The third kappa shape index (κ3) is 4.49. The molecule has 0 saturated heterocycles. The van der Waals surface area contributed by atoms with E-state index in [9.17, 15) is 23.1 Å². The number of pyridine rings is 2. The van der Waals surface area contributed by atoms with Crippen molar-refractivity contribution in [3.63, 3.8) is 0 Å². The standard InChI is InChI=1S/C15H14F3N3O2/c16-15(17,18)13-4-11(6-20-8-13)14(23)21-7-12(9-22)10-2-1-3-19-5-10/h1-6,8,12,22H,7,9H2,(H,21,23). The molecule has 122 valence electrons. The summed E-state index contributed by atoms with van der Waals surface area (Å²) in [5.74, 6) is -1.09. The van der Waals surface area contributed by atoms with Gasteiger partial charge in [-0.2, -0.15) is 13.2 Å². The van der Waals surface area contributed by atoms with Gasteiger partial charge in [-0.1, -0.05) is 6.07 Å². The van der Waals surface area contributed by atoms with Crippen molar-refractivity contribution in [1.82, 2.24) is 15.3 Å². The number of hydrogen-bond acceptors (Lipinski definition) is 4. The summed E-state index contributed by atoms with van der Waals surface area (Å²) in [5, 5.41) is 11.9. The van der Waals surface area contributed by atoms with Crippen LogP contribution in [0.4, 0.5) is 13.2 Å². The van der Waals surface area contributed by atoms with Gasteiger partial charge in [-0.3, -0.25) is 14.8 Å². The van der Waals surface area contributed by atoms with E-state index in [4.69, 9.17) is 0 Å². The Morgan fingerprint density at radius 1 is 1.26 bits per heavy atom. The van der Waals surface area contributed by atoms with Gasteiger partial charge >= 0.3 is 6.18 Å². The van der Waals surface area contributed by atoms with E-state index < -0.39 is 23.6 Å². The van der Waals surface area contributed by atoms with Crippen LogP contribution in [0.25, 0.3) is 0 Å². The van der Waals surface area contributed by atoms with E-state index in [1.807, 2.05) is 0 Å². The van der Waals surface area contributed by atoms with Crippen molar-refractivity contribution in [2.75, 3.05) is 13.2 Å². The lowest BCUT2D eigenvalue weighted by Gasteiger charge is -2.15. The van der Waals surface area contributed by atoms with Crippen LogP contribution in [0.3, 0.4) is 0 Å². The minimum Gasteiger partial charge on any atom is -0.396 e. The second-order valence-corrected chi connectivity index (χ2v) is 4.84. The molecule has 0 aliphatic rings. The summed E-state index contributed by atoms with van der Waals surface area (Å²) in [6.07, 6.45) is 0.280. The number of nitrogens with zero attached hydrogens (tertiary/aromatic N) is 2. The van der Waals surface area contributed by atoms with E-state index in [1.54, 1.807) is 24.5 Å². The number of aromatic nitrogens is 2. The van der Waals surface area contributed by atoms with E-state index in [0.29, 0.717) is 6.20 Å². The molecule has 0 saturated carbocycles. The Morgan fingerprint density at radius 2 is 2.04 bits per heavy atom. The molecule has 0 radical (unpaired) electrons. The minimum absolute atomic E-state index is 0.0667. The van der Waals surface area contributed by atoms with Gasteiger partial charge in [0, 0.05) is 37.3 Å². The molecule has 1 unspecified atom stereocenters. The van der Waals surface area contributed by atoms with Gasteiger partial charge in [0.15, 0.2) is 0 Å². The van der Waals surface area contributed by atoms with Gasteiger partial charge in [0.1, 0.15) is 0 Å². The number of aliphatic hydroxyl groups excluding tert-OH is 1. The zero-order chi connectivity index (χ0) is 16.9. The largest absolute Gasteiger partial charge is 0.417 e. The first-order chi connectivity index (χ1) is 10.9. The normalized spacial score (nSPS) is 12.7. The lowest BCUT2D eigenvalue weighted by atomic mass is 10.0. The molecule has 23 heavy (non-hydrogen) atoms. The number of rotatable bonds is 5. The Kier molecular flexibility index (Phi) is 5.28. The van der Waals surface area contributed by atoms with Gasteiger partial charge in [-0.25, -0.2) is 0 Å². The maximum atomic E-state index is 12.6. The average Bonchev–Trinajstić information content (AvgIpc) is 2.55. The molecule has 0 bridgehead atoms. The van der Waals surface area contributed by atoms with E-state index in [0.717, 1.165) is 17.8 Å². The fraction of sp³-hybridized carbons (Fsp3) is 0.267. The van der Waals surface area contributed by atoms with Crippen LogP contribution in [0.15, 0.2) is 43.0 Å². The molecule has 0 aromatic carbocycles. The van der Waals surface area contributed by atoms with E-state index >= 15 is 0 Å². The SMILES string of the molecule is O=C(NCC(CO)c1cccnc1)c1cncc(C(F)(F)F)c1. The smallest absolute Gasteiger partial charge is 0.396 e. The van der Waals surface area contributed by atoms with E-state index in [1.165, 1.54) is 0 Å². The molecule has 0 aliphatic heterocycles. The topological polar surface area (TPSA) is 75.1 Å². The highest BCUT2D eigenvalue weighted by Crippen LogP contribution is 2.28. The van der Waals surface area contributed by atoms with Crippen molar-refractivity contribution < 1.29 is 23.1 Å². The maximum absolute atomic E-state index is 12.6. The van der Waals surface area contributed by atoms with Crippen LogP contribution >= 0.6 is 0 Å². The van der Waals surface area contributed by atoms with Crippen LogP contribution in [-0.2, 0) is 6.18 Å². The summed E-state index contributed by atoms with van der Waals surface area (Å²) >= 11 is 0. The average molecular weight is 325 g/mol. The molecule has 2 heterocycles. The van der Waals surface area contributed by atoms with Crippen molar-refractivity contribution in [1.29, 1.82) is 0 Å². The van der Waals surface area contributed by atoms with Crippen LogP contribution in [0.1, 0.15) is 27.4 Å². The Morgan fingerprint density at radius 3 is 2.65 bits per heavy atom. The fourth-order valence-electron chi connectivity index (χ4n) is 1.94. The number of nitrogens with one attached hydrogen (secondary N) is 1. The van der Waals surface area contributed by atoms with Crippen LogP contribution in [0, 0.1) is 0 Å². The van der Waals surface area contributed by atoms with Crippen LogP contribution in [-0.4, -0.2) is 34.1 Å². The van der Waals surface area contributed by atoms with E-state index in [-0.39, 0.29) is 18.7 Å². The molecule has 5 nitrogen and oxygen atoms in total. The molecule has 8 heteroatoms. The predicted molar refractivity (Wildman–Crippen MR) is 75.6 cm³/mol. The first kappa shape index (κ1) is 16.9. The summed E-state index contributed by atoms with van der Waals surface area (Å²) in [7, 11) is 0. The summed E-state index contributed by atoms with van der Waals surface area (Å²) in [6, 6.07) is 4.17. The van der Waals surface area contributed by atoms with Gasteiger partial charge in [0.25, 0.3) is 5.91 Å². The fourth-order valence-corrected chi connectivity index (χ4v) is 1.94. The predicted octanol–water partition coefficient (Wildman–Crippen LogP) is 2.00. The van der Waals surface area contributed by atoms with Crippen LogP contribution < -0.4 is 5.32 Å². The molecule has 1 amide bonds.